The summed E-state index contributed by atoms with van der Waals surface area (Å²) in [5.74, 6) is -0.824. The molecule has 1 fully saturated rings. The number of benzene rings is 3. The maximum absolute atomic E-state index is 13.4. The van der Waals surface area contributed by atoms with E-state index in [9.17, 15) is 26.4 Å². The number of fused-ring (bicyclic) bond motifs is 1. The van der Waals surface area contributed by atoms with Crippen LogP contribution in [0.15, 0.2) is 84.0 Å². The standard InChI is InChI=1S/C25H19F3N4O3S/c26-25(27,28)22-4-1-3-15-5-8-17(13-20(15)22)31-23(33)21-14-19(21)16-6-9-18(10-7-16)36(34,35)32-24-29-11-2-12-30-24/h1-13,19,21H,14H2,(H,31,33)(H,29,30,32)/t19?,21-/m1/s1. The second-order valence-electron chi connectivity index (χ2n) is 8.42. The predicted molar refractivity (Wildman–Crippen MR) is 128 cm³/mol. The predicted octanol–water partition coefficient (Wildman–Crippen LogP) is 5.19. The van der Waals surface area contributed by atoms with Gasteiger partial charge < -0.3 is 5.32 Å². The molecule has 0 spiro atoms. The number of rotatable bonds is 6. The molecule has 1 aliphatic carbocycles. The van der Waals surface area contributed by atoms with Crippen LogP contribution in [0.3, 0.4) is 0 Å². The van der Waals surface area contributed by atoms with Crippen LogP contribution in [0.1, 0.15) is 23.5 Å². The van der Waals surface area contributed by atoms with Crippen molar-refractivity contribution < 1.29 is 26.4 Å². The molecule has 1 aromatic heterocycles. The molecule has 1 saturated carbocycles. The Bertz CT molecular complexity index is 1540. The maximum Gasteiger partial charge on any atom is 0.417 e. The summed E-state index contributed by atoms with van der Waals surface area (Å²) in [4.78, 5) is 20.5. The lowest BCUT2D eigenvalue weighted by atomic mass is 10.0. The van der Waals surface area contributed by atoms with Gasteiger partial charge in [0.1, 0.15) is 0 Å². The molecule has 5 rings (SSSR count). The van der Waals surface area contributed by atoms with E-state index < -0.39 is 21.8 Å². The first-order valence-electron chi connectivity index (χ1n) is 10.9. The first-order valence-corrected chi connectivity index (χ1v) is 12.4. The van der Waals surface area contributed by atoms with Crippen molar-refractivity contribution in [2.45, 2.75) is 23.4 Å². The molecule has 3 aromatic carbocycles. The Morgan fingerprint density at radius 3 is 2.36 bits per heavy atom. The van der Waals surface area contributed by atoms with Gasteiger partial charge in [-0.05, 0) is 65.1 Å². The summed E-state index contributed by atoms with van der Waals surface area (Å²) in [7, 11) is -3.87. The summed E-state index contributed by atoms with van der Waals surface area (Å²) in [6.45, 7) is 0. The first-order chi connectivity index (χ1) is 17.1. The van der Waals surface area contributed by atoms with Crippen LogP contribution in [-0.4, -0.2) is 24.3 Å². The summed E-state index contributed by atoms with van der Waals surface area (Å²) in [6.07, 6.45) is -1.12. The van der Waals surface area contributed by atoms with Crippen molar-refractivity contribution in [3.05, 3.63) is 90.3 Å². The van der Waals surface area contributed by atoms with E-state index in [-0.39, 0.29) is 39.7 Å². The normalized spacial score (nSPS) is 17.5. The third kappa shape index (κ3) is 4.87. The fourth-order valence-electron chi connectivity index (χ4n) is 4.11. The second-order valence-corrected chi connectivity index (χ2v) is 10.1. The zero-order valence-electron chi connectivity index (χ0n) is 18.5. The number of carbonyl (C=O) groups is 1. The van der Waals surface area contributed by atoms with Crippen molar-refractivity contribution in [3.8, 4) is 0 Å². The second kappa shape index (κ2) is 8.90. The van der Waals surface area contributed by atoms with Crippen LogP contribution in [0.4, 0.5) is 24.8 Å². The molecule has 1 amide bonds. The Kier molecular flexibility index (Phi) is 5.87. The third-order valence-corrected chi connectivity index (χ3v) is 7.34. The number of aromatic nitrogens is 2. The van der Waals surface area contributed by atoms with Crippen LogP contribution in [0, 0.1) is 5.92 Å². The minimum absolute atomic E-state index is 0.0152. The molecule has 0 aliphatic heterocycles. The fraction of sp³-hybridized carbons (Fsp3) is 0.160. The van der Waals surface area contributed by atoms with E-state index >= 15 is 0 Å². The van der Waals surface area contributed by atoms with E-state index in [0.29, 0.717) is 11.8 Å². The molecular weight excluding hydrogens is 493 g/mol. The van der Waals surface area contributed by atoms with Crippen molar-refractivity contribution in [1.29, 1.82) is 0 Å². The molecule has 0 bridgehead atoms. The van der Waals surface area contributed by atoms with E-state index in [4.69, 9.17) is 0 Å². The minimum Gasteiger partial charge on any atom is -0.326 e. The number of halogens is 3. The Morgan fingerprint density at radius 1 is 0.944 bits per heavy atom. The molecule has 1 aliphatic rings. The van der Waals surface area contributed by atoms with E-state index in [1.807, 2.05) is 0 Å². The number of nitrogens with zero attached hydrogens (tertiary/aromatic N) is 2. The Balaban J connectivity index is 1.27. The number of anilines is 2. The van der Waals surface area contributed by atoms with Gasteiger partial charge in [-0.3, -0.25) is 4.79 Å². The summed E-state index contributed by atoms with van der Waals surface area (Å²) < 4.78 is 67.4. The first kappa shape index (κ1) is 23.7. The fourth-order valence-corrected chi connectivity index (χ4v) is 5.07. The monoisotopic (exact) mass is 512 g/mol. The van der Waals surface area contributed by atoms with Gasteiger partial charge in [0.25, 0.3) is 10.0 Å². The number of alkyl halides is 3. The quantitative estimate of drug-likeness (QED) is 0.370. The molecule has 0 radical (unpaired) electrons. The summed E-state index contributed by atoms with van der Waals surface area (Å²) in [5, 5.41) is 3.15. The number of amides is 1. The molecule has 2 atom stereocenters. The average molecular weight is 513 g/mol. The molecule has 7 nitrogen and oxygen atoms in total. The van der Waals surface area contributed by atoms with Crippen LogP contribution in [-0.2, 0) is 21.0 Å². The van der Waals surface area contributed by atoms with Gasteiger partial charge in [0, 0.05) is 24.0 Å². The highest BCUT2D eigenvalue weighted by atomic mass is 32.2. The van der Waals surface area contributed by atoms with E-state index in [0.717, 1.165) is 11.6 Å². The minimum atomic E-state index is -4.51. The number of hydrogen-bond acceptors (Lipinski definition) is 5. The smallest absolute Gasteiger partial charge is 0.326 e. The van der Waals surface area contributed by atoms with Crippen molar-refractivity contribution >= 4 is 38.3 Å². The zero-order valence-corrected chi connectivity index (χ0v) is 19.3. The summed E-state index contributed by atoms with van der Waals surface area (Å²) in [5.41, 5.74) is 0.317. The number of nitrogens with one attached hydrogen (secondary N) is 2. The molecule has 0 saturated heterocycles. The Morgan fingerprint density at radius 2 is 1.67 bits per heavy atom. The lowest BCUT2D eigenvalue weighted by Crippen LogP contribution is -2.15. The highest BCUT2D eigenvalue weighted by Gasteiger charge is 2.44. The van der Waals surface area contributed by atoms with Gasteiger partial charge in [-0.1, -0.05) is 30.3 Å². The molecule has 4 aromatic rings. The molecule has 36 heavy (non-hydrogen) atoms. The molecule has 2 N–H and O–H groups in total. The number of hydrogen-bond donors (Lipinski definition) is 2. The molecule has 1 heterocycles. The molecular formula is C25H19F3N4O3S. The molecule has 1 unspecified atom stereocenters. The van der Waals surface area contributed by atoms with E-state index in [1.54, 1.807) is 30.3 Å². The maximum atomic E-state index is 13.4. The van der Waals surface area contributed by atoms with Crippen molar-refractivity contribution in [3.63, 3.8) is 0 Å². The van der Waals surface area contributed by atoms with Crippen LogP contribution < -0.4 is 10.0 Å². The summed E-state index contributed by atoms with van der Waals surface area (Å²) in [6, 6.07) is 16.1. The molecule has 11 heteroatoms. The topological polar surface area (TPSA) is 101 Å². The van der Waals surface area contributed by atoms with Crippen LogP contribution in [0.25, 0.3) is 10.8 Å². The van der Waals surface area contributed by atoms with Gasteiger partial charge >= 0.3 is 6.18 Å². The van der Waals surface area contributed by atoms with Crippen LogP contribution in [0.5, 0.6) is 0 Å². The third-order valence-electron chi connectivity index (χ3n) is 5.99. The van der Waals surface area contributed by atoms with E-state index in [1.165, 1.54) is 42.7 Å². The lowest BCUT2D eigenvalue weighted by molar-refractivity contribution is -0.136. The van der Waals surface area contributed by atoms with Gasteiger partial charge in [0.15, 0.2) is 0 Å². The zero-order chi connectivity index (χ0) is 25.5. The van der Waals surface area contributed by atoms with Crippen molar-refractivity contribution in [2.24, 2.45) is 5.92 Å². The van der Waals surface area contributed by atoms with Gasteiger partial charge in [0.05, 0.1) is 10.5 Å². The van der Waals surface area contributed by atoms with Gasteiger partial charge in [0.2, 0.25) is 11.9 Å². The Hall–Kier alpha value is -3.99. The van der Waals surface area contributed by atoms with Crippen LogP contribution >= 0.6 is 0 Å². The summed E-state index contributed by atoms with van der Waals surface area (Å²) >= 11 is 0. The largest absolute Gasteiger partial charge is 0.417 e. The van der Waals surface area contributed by atoms with E-state index in [2.05, 4.69) is 20.0 Å². The molecule has 184 valence electrons. The SMILES string of the molecule is O=C(Nc1ccc2cccc(C(F)(F)F)c2c1)[C@@H]1CC1c1ccc(S(=O)(=O)Nc2ncccn2)cc1. The van der Waals surface area contributed by atoms with Crippen LogP contribution in [0.2, 0.25) is 0 Å². The number of sulfonamides is 1. The van der Waals surface area contributed by atoms with Gasteiger partial charge in [-0.2, -0.15) is 13.2 Å². The van der Waals surface area contributed by atoms with Crippen molar-refractivity contribution in [1.82, 2.24) is 9.97 Å². The highest BCUT2D eigenvalue weighted by Crippen LogP contribution is 2.48. The Labute approximate surface area is 204 Å². The average Bonchev–Trinajstić information content (AvgIpc) is 3.65. The lowest BCUT2D eigenvalue weighted by Gasteiger charge is -2.12. The van der Waals surface area contributed by atoms with Crippen molar-refractivity contribution in [2.75, 3.05) is 10.0 Å². The van der Waals surface area contributed by atoms with Gasteiger partial charge in [-0.15, -0.1) is 0 Å². The van der Waals surface area contributed by atoms with Gasteiger partial charge in [-0.25, -0.2) is 23.1 Å². The highest BCUT2D eigenvalue weighted by molar-refractivity contribution is 7.92. The number of carbonyl (C=O) groups excluding carboxylic acids is 1.